The lowest BCUT2D eigenvalue weighted by atomic mass is 10.2. The van der Waals surface area contributed by atoms with E-state index in [4.69, 9.17) is 5.73 Å². The monoisotopic (exact) mass is 155 g/mol. The number of likely N-dealkylation sites (N-methyl/N-ethyl adjacent to an activating group) is 1. The van der Waals surface area contributed by atoms with Crippen molar-refractivity contribution in [2.45, 2.75) is 26.3 Å². The Labute approximate surface area is 68.4 Å². The predicted molar refractivity (Wildman–Crippen MR) is 49.6 cm³/mol. The molecule has 11 heavy (non-hydrogen) atoms. The molecule has 0 bridgehead atoms. The van der Waals surface area contributed by atoms with Crippen LogP contribution in [0.15, 0.2) is 17.8 Å². The van der Waals surface area contributed by atoms with Gasteiger partial charge in [0.05, 0.1) is 6.04 Å². The molecule has 0 amide bonds. The Morgan fingerprint density at radius 3 is 2.73 bits per heavy atom. The number of amidine groups is 1. The zero-order chi connectivity index (χ0) is 8.69. The van der Waals surface area contributed by atoms with Crippen LogP contribution in [0.1, 0.15) is 20.3 Å². The maximum atomic E-state index is 5.64. The second-order valence-corrected chi connectivity index (χ2v) is 2.26. The fourth-order valence-electron chi connectivity index (χ4n) is 0.900. The highest BCUT2D eigenvalue weighted by molar-refractivity contribution is 5.86. The first-order valence-electron chi connectivity index (χ1n) is 3.93. The van der Waals surface area contributed by atoms with Crippen LogP contribution in [0.3, 0.4) is 0 Å². The third-order valence-corrected chi connectivity index (χ3v) is 1.46. The molecule has 0 spiro atoms. The molecule has 1 atom stereocenters. The van der Waals surface area contributed by atoms with Gasteiger partial charge in [0.2, 0.25) is 0 Å². The zero-order valence-electron chi connectivity index (χ0n) is 7.30. The summed E-state index contributed by atoms with van der Waals surface area (Å²) in [6, 6.07) is 0.193. The van der Waals surface area contributed by atoms with Crippen LogP contribution in [0.5, 0.6) is 0 Å². The summed E-state index contributed by atoms with van der Waals surface area (Å²) in [6.07, 6.45) is 2.42. The van der Waals surface area contributed by atoms with Crippen molar-refractivity contribution in [3.8, 4) is 0 Å². The summed E-state index contributed by atoms with van der Waals surface area (Å²) in [5.41, 5.74) is 5.64. The molecule has 3 heteroatoms. The molecular weight excluding hydrogens is 138 g/mol. The molecular formula is C8H17N3. The Balaban J connectivity index is 4.00. The van der Waals surface area contributed by atoms with E-state index in [0.717, 1.165) is 13.0 Å². The van der Waals surface area contributed by atoms with E-state index < -0.39 is 0 Å². The summed E-state index contributed by atoms with van der Waals surface area (Å²) in [5, 5.41) is 3.21. The number of hydrogen-bond donors (Lipinski definition) is 2. The van der Waals surface area contributed by atoms with Crippen molar-refractivity contribution in [2.75, 3.05) is 6.54 Å². The van der Waals surface area contributed by atoms with Gasteiger partial charge in [0.25, 0.3) is 0 Å². The summed E-state index contributed by atoms with van der Waals surface area (Å²) >= 11 is 0. The van der Waals surface area contributed by atoms with Crippen LogP contribution in [0.4, 0.5) is 0 Å². The van der Waals surface area contributed by atoms with E-state index in [0.29, 0.717) is 5.84 Å². The number of rotatable bonds is 5. The first kappa shape index (κ1) is 10.2. The molecule has 0 aromatic heterocycles. The summed E-state index contributed by atoms with van der Waals surface area (Å²) in [4.78, 5) is 3.91. The number of nitrogens with one attached hydrogen (secondary N) is 1. The molecule has 0 aromatic carbocycles. The Morgan fingerprint density at radius 2 is 2.36 bits per heavy atom. The van der Waals surface area contributed by atoms with Gasteiger partial charge in [0.15, 0.2) is 0 Å². The third kappa shape index (κ3) is 3.78. The van der Waals surface area contributed by atoms with E-state index in [9.17, 15) is 0 Å². The minimum absolute atomic E-state index is 0.193. The van der Waals surface area contributed by atoms with Crippen LogP contribution in [-0.2, 0) is 0 Å². The summed E-state index contributed by atoms with van der Waals surface area (Å²) < 4.78 is 0. The quantitative estimate of drug-likeness (QED) is 0.457. The minimum atomic E-state index is 0.193. The van der Waals surface area contributed by atoms with Crippen molar-refractivity contribution >= 4 is 5.84 Å². The maximum Gasteiger partial charge on any atom is 0.116 e. The molecule has 0 saturated heterocycles. The molecule has 0 saturated carbocycles. The zero-order valence-corrected chi connectivity index (χ0v) is 7.30. The lowest BCUT2D eigenvalue weighted by Gasteiger charge is -2.13. The molecule has 0 aromatic rings. The number of hydrogen-bond acceptors (Lipinski definition) is 2. The van der Waals surface area contributed by atoms with Crippen LogP contribution in [0.25, 0.3) is 0 Å². The van der Waals surface area contributed by atoms with E-state index in [-0.39, 0.29) is 6.04 Å². The molecule has 0 aliphatic carbocycles. The van der Waals surface area contributed by atoms with Crippen molar-refractivity contribution in [3.05, 3.63) is 12.8 Å². The molecule has 0 aliphatic rings. The minimum Gasteiger partial charge on any atom is -0.386 e. The molecule has 3 nitrogen and oxygen atoms in total. The summed E-state index contributed by atoms with van der Waals surface area (Å²) in [7, 11) is 0. The Kier molecular flexibility index (Phi) is 5.47. The topological polar surface area (TPSA) is 50.4 Å². The van der Waals surface area contributed by atoms with Crippen LogP contribution in [0.2, 0.25) is 0 Å². The van der Waals surface area contributed by atoms with Crippen molar-refractivity contribution in [3.63, 3.8) is 0 Å². The fraction of sp³-hybridized carbons (Fsp3) is 0.625. The van der Waals surface area contributed by atoms with E-state index in [1.807, 2.05) is 6.92 Å². The van der Waals surface area contributed by atoms with E-state index in [1.54, 1.807) is 0 Å². The molecule has 0 unspecified atom stereocenters. The van der Waals surface area contributed by atoms with Gasteiger partial charge in [-0.3, -0.25) is 0 Å². The maximum absolute atomic E-state index is 5.64. The number of nitrogens with zero attached hydrogens (tertiary/aromatic N) is 1. The van der Waals surface area contributed by atoms with Crippen molar-refractivity contribution < 1.29 is 0 Å². The Bertz CT molecular complexity index is 140. The lowest BCUT2D eigenvalue weighted by molar-refractivity contribution is 0.622. The van der Waals surface area contributed by atoms with Crippen molar-refractivity contribution in [1.82, 2.24) is 5.32 Å². The highest BCUT2D eigenvalue weighted by Crippen LogP contribution is 1.90. The second-order valence-electron chi connectivity index (χ2n) is 2.26. The standard InChI is InChI=1S/C8H17N3/c1-4-7(10-5-2)8(9)11-6-3/h6-7,10H,3-5H2,1-2H3,(H2,9,11)/t7-/m0/s1. The van der Waals surface area contributed by atoms with E-state index in [2.05, 4.69) is 23.8 Å². The average Bonchev–Trinajstić information content (AvgIpc) is 2.00. The molecule has 3 N–H and O–H groups in total. The van der Waals surface area contributed by atoms with Crippen LogP contribution in [-0.4, -0.2) is 18.4 Å². The Morgan fingerprint density at radius 1 is 1.73 bits per heavy atom. The van der Waals surface area contributed by atoms with Gasteiger partial charge in [0, 0.05) is 6.20 Å². The van der Waals surface area contributed by atoms with Gasteiger partial charge in [-0.05, 0) is 13.0 Å². The van der Waals surface area contributed by atoms with Crippen LogP contribution >= 0.6 is 0 Å². The summed E-state index contributed by atoms with van der Waals surface area (Å²) in [5.74, 6) is 0.615. The van der Waals surface area contributed by atoms with E-state index in [1.165, 1.54) is 6.20 Å². The first-order valence-corrected chi connectivity index (χ1v) is 3.93. The van der Waals surface area contributed by atoms with Gasteiger partial charge in [-0.1, -0.05) is 20.4 Å². The molecule has 0 rings (SSSR count). The predicted octanol–water partition coefficient (Wildman–Crippen LogP) is 0.875. The van der Waals surface area contributed by atoms with E-state index >= 15 is 0 Å². The molecule has 0 radical (unpaired) electrons. The van der Waals surface area contributed by atoms with Gasteiger partial charge in [-0.25, -0.2) is 4.99 Å². The SMILES string of the molecule is C=C/N=C(\N)[C@H](CC)NCC. The van der Waals surface area contributed by atoms with Crippen LogP contribution < -0.4 is 11.1 Å². The largest absolute Gasteiger partial charge is 0.386 e. The van der Waals surface area contributed by atoms with Gasteiger partial charge in [-0.2, -0.15) is 0 Å². The van der Waals surface area contributed by atoms with Gasteiger partial charge >= 0.3 is 0 Å². The first-order chi connectivity index (χ1) is 5.26. The van der Waals surface area contributed by atoms with Gasteiger partial charge in [-0.15, -0.1) is 0 Å². The molecule has 64 valence electrons. The Hall–Kier alpha value is -0.830. The summed E-state index contributed by atoms with van der Waals surface area (Å²) in [6.45, 7) is 8.50. The number of nitrogens with two attached hydrogens (primary N) is 1. The lowest BCUT2D eigenvalue weighted by Crippen LogP contribution is -2.40. The van der Waals surface area contributed by atoms with Gasteiger partial charge < -0.3 is 11.1 Å². The number of aliphatic imine (C=N–C) groups is 1. The van der Waals surface area contributed by atoms with Gasteiger partial charge in [0.1, 0.15) is 5.84 Å². The fourth-order valence-corrected chi connectivity index (χ4v) is 0.900. The van der Waals surface area contributed by atoms with Crippen molar-refractivity contribution in [2.24, 2.45) is 10.7 Å². The smallest absolute Gasteiger partial charge is 0.116 e. The highest BCUT2D eigenvalue weighted by Gasteiger charge is 2.06. The third-order valence-electron chi connectivity index (χ3n) is 1.46. The molecule has 0 aliphatic heterocycles. The highest BCUT2D eigenvalue weighted by atomic mass is 15.0. The van der Waals surface area contributed by atoms with Crippen molar-refractivity contribution in [1.29, 1.82) is 0 Å². The van der Waals surface area contributed by atoms with Crippen LogP contribution in [0, 0.1) is 0 Å². The molecule has 0 fully saturated rings. The molecule has 0 heterocycles. The normalized spacial score (nSPS) is 14.5. The average molecular weight is 155 g/mol. The second kappa shape index (κ2) is 5.92.